The third-order valence-corrected chi connectivity index (χ3v) is 0.890. The Morgan fingerprint density at radius 1 is 1.62 bits per heavy atom. The number of nitrogens with one attached hydrogen (secondary N) is 1. The van der Waals surface area contributed by atoms with Crippen molar-refractivity contribution >= 4 is 11.9 Å². The molecule has 2 nitrogen and oxygen atoms in total. The molecule has 40 valence electrons. The molecule has 0 aromatic carbocycles. The summed E-state index contributed by atoms with van der Waals surface area (Å²) < 4.78 is 0. The van der Waals surface area contributed by atoms with E-state index in [-0.39, 0.29) is 0 Å². The van der Waals surface area contributed by atoms with Gasteiger partial charge >= 0.3 is 0 Å². The third-order valence-electron chi connectivity index (χ3n) is 0.890. The molecule has 2 heteroatoms. The van der Waals surface area contributed by atoms with Crippen LogP contribution in [0.2, 0.25) is 0 Å². The molecule has 8 heavy (non-hydrogen) atoms. The summed E-state index contributed by atoms with van der Waals surface area (Å²) in [7, 11) is 0. The highest BCUT2D eigenvalue weighted by Crippen LogP contribution is 1.99. The first-order valence-corrected chi connectivity index (χ1v) is 2.29. The summed E-state index contributed by atoms with van der Waals surface area (Å²) >= 11 is 0. The van der Waals surface area contributed by atoms with Crippen LogP contribution in [0.1, 0.15) is 0 Å². The fourth-order valence-corrected chi connectivity index (χ4v) is 0.438. The Morgan fingerprint density at radius 2 is 2.38 bits per heavy atom. The van der Waals surface area contributed by atoms with Crippen LogP contribution in [0, 0.1) is 5.41 Å². The van der Waals surface area contributed by atoms with E-state index in [1.54, 1.807) is 18.4 Å². The monoisotopic (exact) mass is 106 g/mol. The van der Waals surface area contributed by atoms with Gasteiger partial charge in [-0.15, -0.1) is 0 Å². The molecule has 1 heterocycles. The number of rotatable bonds is 0. The molecule has 0 spiro atoms. The summed E-state index contributed by atoms with van der Waals surface area (Å²) in [6.07, 6.45) is 5.01. The molecule has 1 rings (SSSR count). The lowest BCUT2D eigenvalue weighted by Crippen LogP contribution is -1.96. The quantitative estimate of drug-likeness (QED) is 0.481. The summed E-state index contributed by atoms with van der Waals surface area (Å²) in [5.74, 6) is 0. The molecule has 0 amide bonds. The van der Waals surface area contributed by atoms with Crippen molar-refractivity contribution in [1.82, 2.24) is 0 Å². The maximum absolute atomic E-state index is 7.09. The van der Waals surface area contributed by atoms with Gasteiger partial charge in [-0.3, -0.25) is 10.4 Å². The molecular formula is C6H6N2. The van der Waals surface area contributed by atoms with E-state index >= 15 is 0 Å². The SMILES string of the molecule is C=C1N=CC=CC1=N. The molecule has 1 aliphatic rings. The van der Waals surface area contributed by atoms with Gasteiger partial charge in [0.25, 0.3) is 0 Å². The average Bonchev–Trinajstić information content (AvgIpc) is 1.77. The number of allylic oxidation sites excluding steroid dienone is 2. The van der Waals surface area contributed by atoms with E-state index in [1.807, 2.05) is 0 Å². The molecule has 1 aliphatic heterocycles. The maximum atomic E-state index is 7.09. The zero-order chi connectivity index (χ0) is 5.98. The molecule has 0 saturated heterocycles. The van der Waals surface area contributed by atoms with Crippen LogP contribution in [-0.4, -0.2) is 11.9 Å². The van der Waals surface area contributed by atoms with Crippen LogP contribution in [0.3, 0.4) is 0 Å². The van der Waals surface area contributed by atoms with Crippen molar-refractivity contribution in [2.45, 2.75) is 0 Å². The summed E-state index contributed by atoms with van der Waals surface area (Å²) in [6.45, 7) is 3.52. The topological polar surface area (TPSA) is 36.2 Å². The van der Waals surface area contributed by atoms with Crippen LogP contribution in [0.25, 0.3) is 0 Å². The van der Waals surface area contributed by atoms with Crippen LogP contribution in [0.15, 0.2) is 29.4 Å². The van der Waals surface area contributed by atoms with Gasteiger partial charge in [-0.2, -0.15) is 0 Å². The van der Waals surface area contributed by atoms with Gasteiger partial charge in [0.15, 0.2) is 0 Å². The second-order valence-electron chi connectivity index (χ2n) is 1.50. The molecule has 0 fully saturated rings. The van der Waals surface area contributed by atoms with E-state index in [0.717, 1.165) is 0 Å². The number of dihydropyridines is 1. The lowest BCUT2D eigenvalue weighted by atomic mass is 10.2. The predicted molar refractivity (Wildman–Crippen MR) is 34.5 cm³/mol. The third kappa shape index (κ3) is 0.729. The lowest BCUT2D eigenvalue weighted by Gasteiger charge is -1.97. The van der Waals surface area contributed by atoms with Crippen molar-refractivity contribution in [1.29, 1.82) is 5.41 Å². The minimum atomic E-state index is 0.396. The molecule has 0 aromatic rings. The molecule has 0 bridgehead atoms. The fraction of sp³-hybridized carbons (Fsp3) is 0. The Labute approximate surface area is 47.8 Å². The van der Waals surface area contributed by atoms with Crippen LogP contribution >= 0.6 is 0 Å². The molecular weight excluding hydrogens is 100 g/mol. The number of aliphatic imine (C=N–C) groups is 1. The Morgan fingerprint density at radius 3 is 2.75 bits per heavy atom. The molecule has 0 unspecified atom stereocenters. The van der Waals surface area contributed by atoms with Crippen molar-refractivity contribution in [2.24, 2.45) is 4.99 Å². The first-order chi connectivity index (χ1) is 3.80. The highest BCUT2D eigenvalue weighted by atomic mass is 14.8. The van der Waals surface area contributed by atoms with E-state index in [9.17, 15) is 0 Å². The highest BCUT2D eigenvalue weighted by molar-refractivity contribution is 6.10. The normalized spacial score (nSPS) is 17.5. The Bertz CT molecular complexity index is 165. The summed E-state index contributed by atoms with van der Waals surface area (Å²) in [6, 6.07) is 0. The Kier molecular flexibility index (Phi) is 1.08. The minimum Gasteiger partial charge on any atom is -0.299 e. The standard InChI is InChI=1S/C6H6N2/c1-5-6(7)3-2-4-8-5/h2-4,7H,1H2. The fourth-order valence-electron chi connectivity index (χ4n) is 0.438. The second-order valence-corrected chi connectivity index (χ2v) is 1.50. The van der Waals surface area contributed by atoms with Gasteiger partial charge in [0, 0.05) is 6.21 Å². The first kappa shape index (κ1) is 4.97. The van der Waals surface area contributed by atoms with Crippen LogP contribution in [-0.2, 0) is 0 Å². The molecule has 0 saturated carbocycles. The second kappa shape index (κ2) is 1.74. The molecule has 0 atom stereocenters. The minimum absolute atomic E-state index is 0.396. The van der Waals surface area contributed by atoms with Gasteiger partial charge in [0.05, 0.1) is 11.4 Å². The summed E-state index contributed by atoms with van der Waals surface area (Å²) in [4.78, 5) is 3.78. The molecule has 0 radical (unpaired) electrons. The van der Waals surface area contributed by atoms with E-state index < -0.39 is 0 Å². The number of nitrogens with zero attached hydrogens (tertiary/aromatic N) is 1. The van der Waals surface area contributed by atoms with Crippen molar-refractivity contribution in [3.63, 3.8) is 0 Å². The van der Waals surface area contributed by atoms with E-state index in [2.05, 4.69) is 11.6 Å². The maximum Gasteiger partial charge on any atom is 0.0807 e. The van der Waals surface area contributed by atoms with Gasteiger partial charge in [0.1, 0.15) is 0 Å². The zero-order valence-electron chi connectivity index (χ0n) is 4.39. The average molecular weight is 106 g/mol. The molecule has 0 aromatic heterocycles. The van der Waals surface area contributed by atoms with Crippen molar-refractivity contribution < 1.29 is 0 Å². The van der Waals surface area contributed by atoms with Gasteiger partial charge < -0.3 is 0 Å². The summed E-state index contributed by atoms with van der Waals surface area (Å²) in [5.41, 5.74) is 0.931. The van der Waals surface area contributed by atoms with Crippen LogP contribution in [0.5, 0.6) is 0 Å². The molecule has 1 N–H and O–H groups in total. The van der Waals surface area contributed by atoms with Gasteiger partial charge in [-0.25, -0.2) is 0 Å². The van der Waals surface area contributed by atoms with E-state index in [4.69, 9.17) is 5.41 Å². The largest absolute Gasteiger partial charge is 0.299 e. The zero-order valence-corrected chi connectivity index (χ0v) is 4.39. The van der Waals surface area contributed by atoms with E-state index in [1.165, 1.54) is 0 Å². The highest BCUT2D eigenvalue weighted by Gasteiger charge is 1.96. The van der Waals surface area contributed by atoms with Gasteiger partial charge in [-0.05, 0) is 12.2 Å². The van der Waals surface area contributed by atoms with Gasteiger partial charge in [-0.1, -0.05) is 6.58 Å². The van der Waals surface area contributed by atoms with Crippen LogP contribution in [0.4, 0.5) is 0 Å². The number of hydrogen-bond acceptors (Lipinski definition) is 2. The predicted octanol–water partition coefficient (Wildman–Crippen LogP) is 1.16. The summed E-state index contributed by atoms with van der Waals surface area (Å²) in [5, 5.41) is 7.09. The van der Waals surface area contributed by atoms with E-state index in [0.29, 0.717) is 11.4 Å². The number of hydrogen-bond donors (Lipinski definition) is 1. The molecule has 0 aliphatic carbocycles. The van der Waals surface area contributed by atoms with Crippen molar-refractivity contribution in [2.75, 3.05) is 0 Å². The van der Waals surface area contributed by atoms with Crippen molar-refractivity contribution in [3.05, 3.63) is 24.4 Å². The van der Waals surface area contributed by atoms with Gasteiger partial charge in [0.2, 0.25) is 0 Å². The Balaban J connectivity index is 2.89. The van der Waals surface area contributed by atoms with Crippen molar-refractivity contribution in [3.8, 4) is 0 Å². The Hall–Kier alpha value is -1.18. The lowest BCUT2D eigenvalue weighted by molar-refractivity contribution is 1.41. The first-order valence-electron chi connectivity index (χ1n) is 2.29. The smallest absolute Gasteiger partial charge is 0.0807 e. The van der Waals surface area contributed by atoms with Crippen LogP contribution < -0.4 is 0 Å².